The molecule has 0 aromatic heterocycles. The maximum Gasteiger partial charge on any atom is 0.259 e. The van der Waals surface area contributed by atoms with Crippen molar-refractivity contribution >= 4 is 5.91 Å². The van der Waals surface area contributed by atoms with E-state index < -0.39 is 23.1 Å². The van der Waals surface area contributed by atoms with E-state index in [9.17, 15) is 13.6 Å². The lowest BCUT2D eigenvalue weighted by Crippen LogP contribution is -2.33. The first-order chi connectivity index (χ1) is 9.08. The molecule has 0 unspecified atom stereocenters. The number of carbonyl (C=O) groups is 1. The zero-order chi connectivity index (χ0) is 13.6. The van der Waals surface area contributed by atoms with Gasteiger partial charge in [-0.1, -0.05) is 6.07 Å². The Balaban J connectivity index is 1.81. The maximum atomic E-state index is 13.6. The molecule has 3 rings (SSSR count). The Morgan fingerprint density at radius 2 is 1.84 bits per heavy atom. The largest absolute Gasteiger partial charge is 0.337 e. The number of likely N-dealkylation sites (tertiary alicyclic amines) is 1. The second kappa shape index (κ2) is 4.56. The highest BCUT2D eigenvalue weighted by atomic mass is 19.1. The van der Waals surface area contributed by atoms with E-state index in [-0.39, 0.29) is 12.0 Å². The molecule has 1 aliphatic carbocycles. The predicted octanol–water partition coefficient (Wildman–Crippen LogP) is 1.77. The van der Waals surface area contributed by atoms with E-state index in [1.165, 1.54) is 11.0 Å². The van der Waals surface area contributed by atoms with Gasteiger partial charge in [-0.2, -0.15) is 0 Å². The molecular formula is C14H16F2N2O. The molecule has 1 aromatic rings. The van der Waals surface area contributed by atoms with Gasteiger partial charge in [0.15, 0.2) is 0 Å². The van der Waals surface area contributed by atoms with Gasteiger partial charge in [0.1, 0.15) is 17.2 Å². The van der Waals surface area contributed by atoms with E-state index in [0.29, 0.717) is 19.0 Å². The van der Waals surface area contributed by atoms with E-state index >= 15 is 0 Å². The summed E-state index contributed by atoms with van der Waals surface area (Å²) in [5, 5.41) is 0. The molecule has 1 heterocycles. The molecule has 1 saturated carbocycles. The summed E-state index contributed by atoms with van der Waals surface area (Å²) in [5.41, 5.74) is 5.55. The Morgan fingerprint density at radius 1 is 1.21 bits per heavy atom. The summed E-state index contributed by atoms with van der Waals surface area (Å²) >= 11 is 0. The van der Waals surface area contributed by atoms with Crippen LogP contribution in [0.3, 0.4) is 0 Å². The summed E-state index contributed by atoms with van der Waals surface area (Å²) in [6.07, 6.45) is 2.29. The number of amides is 1. The molecular weight excluding hydrogens is 250 g/mol. The lowest BCUT2D eigenvalue weighted by Gasteiger charge is -2.17. The van der Waals surface area contributed by atoms with Gasteiger partial charge < -0.3 is 10.6 Å². The zero-order valence-electron chi connectivity index (χ0n) is 10.5. The Labute approximate surface area is 110 Å². The molecule has 5 heteroatoms. The minimum atomic E-state index is -0.812. The van der Waals surface area contributed by atoms with Crippen LogP contribution in [0.5, 0.6) is 0 Å². The number of carbonyl (C=O) groups excluding carboxylic acids is 1. The van der Waals surface area contributed by atoms with Crippen molar-refractivity contribution in [1.29, 1.82) is 0 Å². The monoisotopic (exact) mass is 266 g/mol. The van der Waals surface area contributed by atoms with Gasteiger partial charge in [-0.25, -0.2) is 8.78 Å². The van der Waals surface area contributed by atoms with Crippen molar-refractivity contribution < 1.29 is 13.6 Å². The van der Waals surface area contributed by atoms with E-state index in [1.807, 2.05) is 0 Å². The number of halogens is 2. The number of nitrogens with zero attached hydrogens (tertiary/aromatic N) is 1. The number of nitrogens with two attached hydrogens (primary N) is 1. The lowest BCUT2D eigenvalue weighted by molar-refractivity contribution is 0.0775. The topological polar surface area (TPSA) is 46.3 Å². The summed E-state index contributed by atoms with van der Waals surface area (Å²) in [7, 11) is 0. The van der Waals surface area contributed by atoms with Gasteiger partial charge in [-0.3, -0.25) is 4.79 Å². The number of hydrogen-bond donors (Lipinski definition) is 1. The SMILES string of the molecule is N[C@H]1CN(C(=O)c2c(F)cccc2F)C[C@@H]1C1CC1. The Bertz CT molecular complexity index is 496. The first-order valence-corrected chi connectivity index (χ1v) is 6.57. The van der Waals surface area contributed by atoms with E-state index in [2.05, 4.69) is 0 Å². The summed E-state index contributed by atoms with van der Waals surface area (Å²) in [5.74, 6) is -1.35. The van der Waals surface area contributed by atoms with Gasteiger partial charge in [0.2, 0.25) is 0 Å². The van der Waals surface area contributed by atoms with E-state index in [1.54, 1.807) is 0 Å². The first-order valence-electron chi connectivity index (χ1n) is 6.57. The number of benzene rings is 1. The molecule has 0 spiro atoms. The summed E-state index contributed by atoms with van der Waals surface area (Å²) in [6.45, 7) is 0.895. The fourth-order valence-electron chi connectivity index (χ4n) is 2.90. The van der Waals surface area contributed by atoms with Gasteiger partial charge in [0.05, 0.1) is 0 Å². The average molecular weight is 266 g/mol. The minimum absolute atomic E-state index is 0.0775. The second-order valence-corrected chi connectivity index (χ2v) is 5.47. The standard InChI is InChI=1S/C14H16F2N2O/c15-10-2-1-3-11(16)13(10)14(19)18-6-9(8-4-5-8)12(17)7-18/h1-3,8-9,12H,4-7,17H2/t9-,12+/m1/s1. The third kappa shape index (κ3) is 2.23. The van der Waals surface area contributed by atoms with Crippen LogP contribution in [-0.4, -0.2) is 29.9 Å². The number of rotatable bonds is 2. The van der Waals surface area contributed by atoms with Crippen LogP contribution >= 0.6 is 0 Å². The molecule has 1 amide bonds. The quantitative estimate of drug-likeness (QED) is 0.886. The van der Waals surface area contributed by atoms with Crippen LogP contribution in [0.4, 0.5) is 8.78 Å². The molecule has 3 nitrogen and oxygen atoms in total. The van der Waals surface area contributed by atoms with Gasteiger partial charge >= 0.3 is 0 Å². The molecule has 2 atom stereocenters. The first kappa shape index (κ1) is 12.5. The molecule has 0 radical (unpaired) electrons. The van der Waals surface area contributed by atoms with Gasteiger partial charge in [0.25, 0.3) is 5.91 Å². The molecule has 1 aliphatic heterocycles. The molecule has 1 saturated heterocycles. The van der Waals surface area contributed by atoms with Crippen LogP contribution in [0.15, 0.2) is 18.2 Å². The lowest BCUT2D eigenvalue weighted by atomic mass is 9.99. The van der Waals surface area contributed by atoms with Crippen LogP contribution in [0.25, 0.3) is 0 Å². The fourth-order valence-corrected chi connectivity index (χ4v) is 2.90. The van der Waals surface area contributed by atoms with Crippen molar-refractivity contribution in [2.75, 3.05) is 13.1 Å². The van der Waals surface area contributed by atoms with Crippen molar-refractivity contribution in [1.82, 2.24) is 4.90 Å². The van der Waals surface area contributed by atoms with Crippen molar-refractivity contribution in [3.63, 3.8) is 0 Å². The molecule has 2 fully saturated rings. The van der Waals surface area contributed by atoms with Gasteiger partial charge in [-0.05, 0) is 36.8 Å². The van der Waals surface area contributed by atoms with Crippen molar-refractivity contribution in [3.8, 4) is 0 Å². The van der Waals surface area contributed by atoms with Crippen LogP contribution in [0.1, 0.15) is 23.2 Å². The van der Waals surface area contributed by atoms with Crippen LogP contribution < -0.4 is 5.73 Å². The fraction of sp³-hybridized carbons (Fsp3) is 0.500. The van der Waals surface area contributed by atoms with Crippen molar-refractivity contribution in [3.05, 3.63) is 35.4 Å². The smallest absolute Gasteiger partial charge is 0.259 e. The van der Waals surface area contributed by atoms with Crippen LogP contribution in [0.2, 0.25) is 0 Å². The van der Waals surface area contributed by atoms with Gasteiger partial charge in [-0.15, -0.1) is 0 Å². The molecule has 19 heavy (non-hydrogen) atoms. The summed E-state index contributed by atoms with van der Waals surface area (Å²) < 4.78 is 27.2. The van der Waals surface area contributed by atoms with Crippen LogP contribution in [0, 0.1) is 23.5 Å². The summed E-state index contributed by atoms with van der Waals surface area (Å²) in [6, 6.07) is 3.38. The minimum Gasteiger partial charge on any atom is -0.337 e. The third-order valence-corrected chi connectivity index (χ3v) is 4.10. The zero-order valence-corrected chi connectivity index (χ0v) is 10.5. The number of hydrogen-bond acceptors (Lipinski definition) is 2. The van der Waals surface area contributed by atoms with E-state index in [4.69, 9.17) is 5.73 Å². The highest BCUT2D eigenvalue weighted by Gasteiger charge is 2.42. The maximum absolute atomic E-state index is 13.6. The third-order valence-electron chi connectivity index (χ3n) is 4.10. The molecule has 102 valence electrons. The molecule has 2 aliphatic rings. The highest BCUT2D eigenvalue weighted by Crippen LogP contribution is 2.41. The van der Waals surface area contributed by atoms with Crippen molar-refractivity contribution in [2.45, 2.75) is 18.9 Å². The average Bonchev–Trinajstić information content (AvgIpc) is 3.12. The molecule has 2 N–H and O–H groups in total. The second-order valence-electron chi connectivity index (χ2n) is 5.47. The predicted molar refractivity (Wildman–Crippen MR) is 66.5 cm³/mol. The Kier molecular flexibility index (Phi) is 3.01. The van der Waals surface area contributed by atoms with Crippen LogP contribution in [-0.2, 0) is 0 Å². The highest BCUT2D eigenvalue weighted by molar-refractivity contribution is 5.95. The van der Waals surface area contributed by atoms with E-state index in [0.717, 1.165) is 25.0 Å². The van der Waals surface area contributed by atoms with Crippen molar-refractivity contribution in [2.24, 2.45) is 17.6 Å². The normalized spacial score (nSPS) is 26.8. The Morgan fingerprint density at radius 3 is 2.42 bits per heavy atom. The summed E-state index contributed by atoms with van der Waals surface area (Å²) in [4.78, 5) is 13.7. The Hall–Kier alpha value is -1.49. The van der Waals surface area contributed by atoms with Gasteiger partial charge in [0, 0.05) is 19.1 Å². The molecule has 0 bridgehead atoms. The molecule has 1 aromatic carbocycles.